The minimum Gasteiger partial charge on any atom is -0.495 e. The van der Waals surface area contributed by atoms with Crippen molar-refractivity contribution < 1.29 is 14.3 Å². The molecule has 0 saturated carbocycles. The van der Waals surface area contributed by atoms with Gasteiger partial charge in [0.05, 0.1) is 19.2 Å². The summed E-state index contributed by atoms with van der Waals surface area (Å²) in [6.07, 6.45) is -0.0469. The Balaban J connectivity index is 1.77. The van der Waals surface area contributed by atoms with Gasteiger partial charge < -0.3 is 15.4 Å². The highest BCUT2D eigenvalue weighted by Crippen LogP contribution is 2.28. The van der Waals surface area contributed by atoms with E-state index in [9.17, 15) is 9.59 Å². The van der Waals surface area contributed by atoms with Crippen LogP contribution < -0.4 is 20.7 Å². The highest BCUT2D eigenvalue weighted by molar-refractivity contribution is 6.31. The number of anilines is 2. The fourth-order valence-corrected chi connectivity index (χ4v) is 2.63. The lowest BCUT2D eigenvalue weighted by molar-refractivity contribution is -0.124. The molecule has 1 aliphatic rings. The normalized spacial score (nSPS) is 16.3. The minimum absolute atomic E-state index is 0.0469. The van der Waals surface area contributed by atoms with E-state index >= 15 is 0 Å². The molecule has 0 spiro atoms. The predicted octanol–water partition coefficient (Wildman–Crippen LogP) is 2.64. The molecule has 0 unspecified atom stereocenters. The number of ether oxygens (including phenoxy) is 1. The van der Waals surface area contributed by atoms with Gasteiger partial charge in [0.1, 0.15) is 11.8 Å². The van der Waals surface area contributed by atoms with E-state index in [0.29, 0.717) is 16.5 Å². The second-order valence-electron chi connectivity index (χ2n) is 5.57. The number of guanidine groups is 1. The number of para-hydroxylation sites is 1. The quantitative estimate of drug-likeness (QED) is 0.769. The van der Waals surface area contributed by atoms with Gasteiger partial charge in [0, 0.05) is 10.7 Å². The number of hydrogen-bond donors (Lipinski definition) is 3. The molecule has 0 aromatic heterocycles. The Bertz CT molecular complexity index is 855. The first kappa shape index (κ1) is 17.8. The number of rotatable bonds is 4. The third kappa shape index (κ3) is 4.31. The van der Waals surface area contributed by atoms with Crippen molar-refractivity contribution in [2.45, 2.75) is 12.5 Å². The molecule has 2 aromatic carbocycles. The van der Waals surface area contributed by atoms with Gasteiger partial charge in [0.15, 0.2) is 0 Å². The van der Waals surface area contributed by atoms with Gasteiger partial charge in [-0.15, -0.1) is 0 Å². The molecule has 0 saturated heterocycles. The first-order valence-electron chi connectivity index (χ1n) is 7.89. The number of nitrogens with zero attached hydrogens (tertiary/aromatic N) is 1. The molecule has 134 valence electrons. The molecule has 3 rings (SSSR count). The van der Waals surface area contributed by atoms with E-state index in [1.54, 1.807) is 18.2 Å². The third-order valence-corrected chi connectivity index (χ3v) is 3.92. The summed E-state index contributed by atoms with van der Waals surface area (Å²) in [5.74, 6) is -0.0234. The average Bonchev–Trinajstić information content (AvgIpc) is 2.62. The van der Waals surface area contributed by atoms with Crippen molar-refractivity contribution in [3.8, 4) is 5.75 Å². The van der Waals surface area contributed by atoms with Crippen molar-refractivity contribution in [1.29, 1.82) is 0 Å². The fraction of sp³-hybridized carbons (Fsp3) is 0.167. The number of amides is 2. The third-order valence-electron chi connectivity index (χ3n) is 3.68. The van der Waals surface area contributed by atoms with Crippen molar-refractivity contribution in [1.82, 2.24) is 5.32 Å². The molecule has 8 heteroatoms. The van der Waals surface area contributed by atoms with Gasteiger partial charge in [0.2, 0.25) is 17.8 Å². The molecule has 3 N–H and O–H groups in total. The van der Waals surface area contributed by atoms with Crippen LogP contribution >= 0.6 is 11.6 Å². The zero-order chi connectivity index (χ0) is 18.5. The van der Waals surface area contributed by atoms with Crippen molar-refractivity contribution in [3.05, 3.63) is 53.6 Å². The topological polar surface area (TPSA) is 91.8 Å². The number of halogens is 1. The summed E-state index contributed by atoms with van der Waals surface area (Å²) in [4.78, 5) is 28.8. The SMILES string of the molecule is COc1ccc(Cl)cc1NC(=O)[C@H]1CC(=O)NC(Nc2ccccc2)=N1. The summed E-state index contributed by atoms with van der Waals surface area (Å²) in [6.45, 7) is 0. The second-order valence-corrected chi connectivity index (χ2v) is 6.01. The Hall–Kier alpha value is -3.06. The molecule has 0 fully saturated rings. The van der Waals surface area contributed by atoms with Gasteiger partial charge in [-0.25, -0.2) is 4.99 Å². The van der Waals surface area contributed by atoms with Crippen LogP contribution in [0.15, 0.2) is 53.5 Å². The van der Waals surface area contributed by atoms with Gasteiger partial charge in [-0.05, 0) is 30.3 Å². The average molecular weight is 373 g/mol. The van der Waals surface area contributed by atoms with Crippen molar-refractivity contribution in [2.75, 3.05) is 17.7 Å². The molecule has 0 bridgehead atoms. The molecule has 0 aliphatic carbocycles. The number of hydrogen-bond acceptors (Lipinski definition) is 5. The molecule has 2 amide bonds. The molecular weight excluding hydrogens is 356 g/mol. The van der Waals surface area contributed by atoms with Crippen LogP contribution in [0.2, 0.25) is 5.02 Å². The number of aliphatic imine (C=N–C) groups is 1. The van der Waals surface area contributed by atoms with Gasteiger partial charge in [-0.2, -0.15) is 0 Å². The van der Waals surface area contributed by atoms with Gasteiger partial charge in [0.25, 0.3) is 0 Å². The molecule has 7 nitrogen and oxygen atoms in total. The monoisotopic (exact) mass is 372 g/mol. The maximum absolute atomic E-state index is 12.6. The van der Waals surface area contributed by atoms with Gasteiger partial charge >= 0.3 is 0 Å². The Morgan fingerprint density at radius 2 is 2.04 bits per heavy atom. The number of benzene rings is 2. The van der Waals surface area contributed by atoms with Crippen LogP contribution in [0.4, 0.5) is 11.4 Å². The number of carbonyl (C=O) groups is 2. The Morgan fingerprint density at radius 1 is 1.27 bits per heavy atom. The lowest BCUT2D eigenvalue weighted by Crippen LogP contribution is -2.45. The Kier molecular flexibility index (Phi) is 5.38. The van der Waals surface area contributed by atoms with Crippen molar-refractivity contribution >= 4 is 40.7 Å². The van der Waals surface area contributed by atoms with Crippen LogP contribution in [0.3, 0.4) is 0 Å². The lowest BCUT2D eigenvalue weighted by Gasteiger charge is -2.21. The summed E-state index contributed by atoms with van der Waals surface area (Å²) >= 11 is 5.97. The predicted molar refractivity (Wildman–Crippen MR) is 101 cm³/mol. The van der Waals surface area contributed by atoms with Gasteiger partial charge in [-0.3, -0.25) is 14.9 Å². The lowest BCUT2D eigenvalue weighted by atomic mass is 10.1. The summed E-state index contributed by atoms with van der Waals surface area (Å²) < 4.78 is 5.21. The van der Waals surface area contributed by atoms with E-state index in [4.69, 9.17) is 16.3 Å². The number of carbonyl (C=O) groups excluding carboxylic acids is 2. The largest absolute Gasteiger partial charge is 0.495 e. The van der Waals surface area contributed by atoms with E-state index in [2.05, 4.69) is 20.9 Å². The molecule has 0 radical (unpaired) electrons. The van der Waals surface area contributed by atoms with Crippen LogP contribution in [0, 0.1) is 0 Å². The van der Waals surface area contributed by atoms with E-state index < -0.39 is 11.9 Å². The molecule has 2 aromatic rings. The highest BCUT2D eigenvalue weighted by atomic mass is 35.5. The van der Waals surface area contributed by atoms with Gasteiger partial charge in [-0.1, -0.05) is 29.8 Å². The smallest absolute Gasteiger partial charge is 0.249 e. The summed E-state index contributed by atoms with van der Waals surface area (Å²) in [5.41, 5.74) is 1.17. The first-order chi connectivity index (χ1) is 12.5. The molecule has 1 atom stereocenters. The van der Waals surface area contributed by atoms with Crippen LogP contribution in [0.25, 0.3) is 0 Å². The van der Waals surface area contributed by atoms with E-state index in [-0.39, 0.29) is 18.3 Å². The Labute approximate surface area is 155 Å². The van der Waals surface area contributed by atoms with E-state index in [0.717, 1.165) is 5.69 Å². The second kappa shape index (κ2) is 7.88. The van der Waals surface area contributed by atoms with Crippen LogP contribution in [-0.4, -0.2) is 30.9 Å². The van der Waals surface area contributed by atoms with Crippen LogP contribution in [0.1, 0.15) is 6.42 Å². The molecular formula is C18H17ClN4O3. The maximum Gasteiger partial charge on any atom is 0.249 e. The summed E-state index contributed by atoms with van der Waals surface area (Å²) in [7, 11) is 1.49. The minimum atomic E-state index is -0.862. The van der Waals surface area contributed by atoms with Crippen LogP contribution in [-0.2, 0) is 9.59 Å². The standard InChI is InChI=1S/C18H17ClN4O3/c1-26-15-8-7-11(19)9-13(15)21-17(25)14-10-16(24)23-18(22-14)20-12-5-3-2-4-6-12/h2-9,14H,10H2,1H3,(H,21,25)(H2,20,22,23,24)/t14-/m1/s1. The first-order valence-corrected chi connectivity index (χ1v) is 8.27. The van der Waals surface area contributed by atoms with Crippen molar-refractivity contribution in [2.24, 2.45) is 4.99 Å². The molecule has 1 aliphatic heterocycles. The summed E-state index contributed by atoms with van der Waals surface area (Å²) in [5, 5.41) is 8.77. The van der Waals surface area contributed by atoms with Crippen LogP contribution in [0.5, 0.6) is 5.75 Å². The fourth-order valence-electron chi connectivity index (χ4n) is 2.46. The number of methoxy groups -OCH3 is 1. The molecule has 26 heavy (non-hydrogen) atoms. The Morgan fingerprint density at radius 3 is 2.77 bits per heavy atom. The van der Waals surface area contributed by atoms with Crippen molar-refractivity contribution in [3.63, 3.8) is 0 Å². The zero-order valence-electron chi connectivity index (χ0n) is 14.0. The zero-order valence-corrected chi connectivity index (χ0v) is 14.7. The van der Waals surface area contributed by atoms with E-state index in [1.165, 1.54) is 7.11 Å². The number of nitrogens with one attached hydrogen (secondary N) is 3. The highest BCUT2D eigenvalue weighted by Gasteiger charge is 2.27. The maximum atomic E-state index is 12.6. The molecule has 1 heterocycles. The summed E-state index contributed by atoms with van der Waals surface area (Å²) in [6, 6.07) is 13.3. The van der Waals surface area contributed by atoms with E-state index in [1.807, 2.05) is 30.3 Å².